The zero-order chi connectivity index (χ0) is 16.2. The molecule has 3 aromatic heterocycles. The summed E-state index contributed by atoms with van der Waals surface area (Å²) in [5, 5.41) is 8.67. The van der Waals surface area contributed by atoms with Crippen LogP contribution in [0.25, 0.3) is 5.52 Å². The molecule has 3 rings (SSSR count). The van der Waals surface area contributed by atoms with Crippen molar-refractivity contribution in [3.05, 3.63) is 71.8 Å². The van der Waals surface area contributed by atoms with Crippen molar-refractivity contribution in [2.75, 3.05) is 6.61 Å². The second-order valence-corrected chi connectivity index (χ2v) is 4.76. The predicted octanol–water partition coefficient (Wildman–Crippen LogP) is 2.25. The van der Waals surface area contributed by atoms with E-state index in [0.29, 0.717) is 5.69 Å². The monoisotopic (exact) mass is 305 g/mol. The van der Waals surface area contributed by atoms with Gasteiger partial charge in [0.15, 0.2) is 6.61 Å². The molecule has 0 radical (unpaired) electrons. The molecule has 0 unspecified atom stereocenters. The lowest BCUT2D eigenvalue weighted by Crippen LogP contribution is -2.15. The molecule has 0 N–H and O–H groups in total. The minimum atomic E-state index is -0.578. The molecule has 6 heteroatoms. The zero-order valence-electron chi connectivity index (χ0n) is 12.0. The fourth-order valence-corrected chi connectivity index (χ4v) is 2.14. The fraction of sp³-hybridized carbons (Fsp3) is 0.0588. The van der Waals surface area contributed by atoms with Gasteiger partial charge in [0.1, 0.15) is 17.5 Å². The van der Waals surface area contributed by atoms with E-state index >= 15 is 0 Å². The van der Waals surface area contributed by atoms with E-state index in [1.807, 2.05) is 18.2 Å². The van der Waals surface area contributed by atoms with Gasteiger partial charge in [-0.3, -0.25) is 4.79 Å². The number of rotatable bonds is 4. The summed E-state index contributed by atoms with van der Waals surface area (Å²) in [6, 6.07) is 13.8. The second-order valence-electron chi connectivity index (χ2n) is 4.76. The van der Waals surface area contributed by atoms with Gasteiger partial charge in [-0.1, -0.05) is 6.07 Å². The van der Waals surface area contributed by atoms with Crippen LogP contribution in [0.4, 0.5) is 0 Å². The normalized spacial score (nSPS) is 10.2. The van der Waals surface area contributed by atoms with Crippen LogP contribution >= 0.6 is 0 Å². The highest BCUT2D eigenvalue weighted by Crippen LogP contribution is 2.11. The number of carbonyl (C=O) groups excluding carboxylic acids is 2. The van der Waals surface area contributed by atoms with Gasteiger partial charge in [-0.15, -0.1) is 0 Å². The van der Waals surface area contributed by atoms with Crippen LogP contribution in [0.5, 0.6) is 0 Å². The van der Waals surface area contributed by atoms with Crippen LogP contribution in [0, 0.1) is 11.3 Å². The van der Waals surface area contributed by atoms with Crippen LogP contribution in [0.3, 0.4) is 0 Å². The predicted molar refractivity (Wildman–Crippen MR) is 81.0 cm³/mol. The van der Waals surface area contributed by atoms with Crippen LogP contribution < -0.4 is 0 Å². The summed E-state index contributed by atoms with van der Waals surface area (Å²) in [5.41, 5.74) is 1.73. The van der Waals surface area contributed by atoms with Gasteiger partial charge in [0.2, 0.25) is 5.78 Å². The van der Waals surface area contributed by atoms with E-state index in [-0.39, 0.29) is 23.6 Å². The molecule has 0 bridgehead atoms. The van der Waals surface area contributed by atoms with Gasteiger partial charge in [-0.2, -0.15) is 5.26 Å². The number of Topliss-reactive ketones (excluding diaryl/α,β-unsaturated/α-hetero) is 1. The number of hydrogen-bond donors (Lipinski definition) is 0. The number of carbonyl (C=O) groups is 2. The third kappa shape index (κ3) is 2.94. The minimum absolute atomic E-state index is 0.221. The van der Waals surface area contributed by atoms with Gasteiger partial charge in [-0.05, 0) is 36.4 Å². The second kappa shape index (κ2) is 6.12. The molecule has 0 fully saturated rings. The van der Waals surface area contributed by atoms with Gasteiger partial charge < -0.3 is 9.14 Å². The number of fused-ring (bicyclic) bond motifs is 1. The van der Waals surface area contributed by atoms with E-state index in [1.165, 1.54) is 18.3 Å². The maximum atomic E-state index is 12.1. The van der Waals surface area contributed by atoms with E-state index in [0.717, 1.165) is 5.52 Å². The van der Waals surface area contributed by atoms with Gasteiger partial charge in [0, 0.05) is 23.5 Å². The summed E-state index contributed by atoms with van der Waals surface area (Å²) in [6.07, 6.45) is 3.04. The Morgan fingerprint density at radius 3 is 2.78 bits per heavy atom. The third-order valence-electron chi connectivity index (χ3n) is 3.31. The topological polar surface area (TPSA) is 84.5 Å². The molecule has 3 aromatic rings. The molecule has 0 spiro atoms. The van der Waals surface area contributed by atoms with Crippen molar-refractivity contribution in [2.45, 2.75) is 0 Å². The number of ether oxygens (including phenoxy) is 1. The molecular formula is C17H11N3O3. The van der Waals surface area contributed by atoms with Crippen molar-refractivity contribution in [3.63, 3.8) is 0 Å². The van der Waals surface area contributed by atoms with Crippen LogP contribution in [0.1, 0.15) is 26.5 Å². The highest BCUT2D eigenvalue weighted by atomic mass is 16.5. The lowest BCUT2D eigenvalue weighted by atomic mass is 10.2. The Kier molecular flexibility index (Phi) is 3.85. The van der Waals surface area contributed by atoms with E-state index in [9.17, 15) is 9.59 Å². The van der Waals surface area contributed by atoms with Crippen LogP contribution in [-0.4, -0.2) is 27.7 Å². The molecule has 0 aliphatic rings. The average molecular weight is 305 g/mol. The SMILES string of the molecule is N#Cc1ccc(C(=O)COC(=O)c2ccc3ccccn23)cn1. The van der Waals surface area contributed by atoms with Crippen LogP contribution in [0.2, 0.25) is 0 Å². The highest BCUT2D eigenvalue weighted by molar-refractivity contribution is 5.99. The summed E-state index contributed by atoms with van der Waals surface area (Å²) in [7, 11) is 0. The van der Waals surface area contributed by atoms with Gasteiger partial charge in [-0.25, -0.2) is 9.78 Å². The first-order valence-corrected chi connectivity index (χ1v) is 6.81. The van der Waals surface area contributed by atoms with Crippen molar-refractivity contribution in [1.82, 2.24) is 9.38 Å². The average Bonchev–Trinajstić information content (AvgIpc) is 3.03. The smallest absolute Gasteiger partial charge is 0.355 e. The summed E-state index contributed by atoms with van der Waals surface area (Å²) < 4.78 is 6.76. The van der Waals surface area contributed by atoms with Crippen molar-refractivity contribution in [1.29, 1.82) is 5.26 Å². The van der Waals surface area contributed by atoms with E-state index < -0.39 is 5.97 Å². The van der Waals surface area contributed by atoms with E-state index in [4.69, 9.17) is 10.00 Å². The molecule has 0 aliphatic heterocycles. The number of nitrogens with zero attached hydrogens (tertiary/aromatic N) is 3. The fourth-order valence-electron chi connectivity index (χ4n) is 2.14. The number of hydrogen-bond acceptors (Lipinski definition) is 5. The molecule has 0 aromatic carbocycles. The molecule has 0 atom stereocenters. The van der Waals surface area contributed by atoms with Gasteiger partial charge in [0.25, 0.3) is 0 Å². The summed E-state index contributed by atoms with van der Waals surface area (Å²) in [5.74, 6) is -0.956. The molecular weight excluding hydrogens is 294 g/mol. The molecule has 23 heavy (non-hydrogen) atoms. The Bertz CT molecular complexity index is 920. The quantitative estimate of drug-likeness (QED) is 0.545. The highest BCUT2D eigenvalue weighted by Gasteiger charge is 2.15. The van der Waals surface area contributed by atoms with Gasteiger partial charge >= 0.3 is 5.97 Å². The number of nitriles is 1. The first-order valence-electron chi connectivity index (χ1n) is 6.81. The molecule has 6 nitrogen and oxygen atoms in total. The number of ketones is 1. The molecule has 3 heterocycles. The van der Waals surface area contributed by atoms with Crippen molar-refractivity contribution in [2.24, 2.45) is 0 Å². The summed E-state index contributed by atoms with van der Waals surface area (Å²) >= 11 is 0. The maximum absolute atomic E-state index is 12.1. The maximum Gasteiger partial charge on any atom is 0.355 e. The van der Waals surface area contributed by atoms with Crippen LogP contribution in [-0.2, 0) is 4.74 Å². The lowest BCUT2D eigenvalue weighted by molar-refractivity contribution is 0.0468. The zero-order valence-corrected chi connectivity index (χ0v) is 12.0. The summed E-state index contributed by atoms with van der Waals surface area (Å²) in [4.78, 5) is 27.9. The van der Waals surface area contributed by atoms with Gasteiger partial charge in [0.05, 0.1) is 0 Å². The standard InChI is InChI=1S/C17H11N3O3/c18-9-13-5-4-12(10-19-13)16(21)11-23-17(22)15-7-6-14-3-1-2-8-20(14)15/h1-8,10H,11H2. The van der Waals surface area contributed by atoms with Crippen molar-refractivity contribution >= 4 is 17.3 Å². The summed E-state index contributed by atoms with van der Waals surface area (Å²) in [6.45, 7) is -0.382. The van der Waals surface area contributed by atoms with Crippen molar-refractivity contribution < 1.29 is 14.3 Å². The Balaban J connectivity index is 1.69. The molecule has 112 valence electrons. The van der Waals surface area contributed by atoms with E-state index in [1.54, 1.807) is 28.8 Å². The molecule has 0 aliphatic carbocycles. The Labute approximate surface area is 131 Å². The van der Waals surface area contributed by atoms with E-state index in [2.05, 4.69) is 4.98 Å². The molecule has 0 saturated heterocycles. The molecule has 0 amide bonds. The number of pyridine rings is 2. The largest absolute Gasteiger partial charge is 0.453 e. The van der Waals surface area contributed by atoms with Crippen LogP contribution in [0.15, 0.2) is 54.9 Å². The molecule has 0 saturated carbocycles. The lowest BCUT2D eigenvalue weighted by Gasteiger charge is -2.05. The minimum Gasteiger partial charge on any atom is -0.453 e. The number of esters is 1. The Morgan fingerprint density at radius 1 is 1.17 bits per heavy atom. The van der Waals surface area contributed by atoms with Crippen molar-refractivity contribution in [3.8, 4) is 6.07 Å². The Morgan fingerprint density at radius 2 is 2.04 bits per heavy atom. The third-order valence-corrected chi connectivity index (χ3v) is 3.31. The first kappa shape index (κ1) is 14.5. The Hall–Kier alpha value is -3.46. The number of aromatic nitrogens is 2. The first-order chi connectivity index (χ1) is 11.2.